The number of para-hydroxylation sites is 1. The summed E-state index contributed by atoms with van der Waals surface area (Å²) >= 11 is 0. The van der Waals surface area contributed by atoms with Crippen LogP contribution >= 0.6 is 0 Å². The molecular formula is C17H16O5. The molecule has 1 heterocycles. The lowest BCUT2D eigenvalue weighted by Crippen LogP contribution is -2.12. The topological polar surface area (TPSA) is 65.0 Å². The van der Waals surface area contributed by atoms with Crippen LogP contribution in [-0.4, -0.2) is 25.3 Å². The SMILES string of the molecule is COc1cccc([C@H](O)[C@@H]2OC(=O)c3ccccc32)c1OC. The first-order valence-corrected chi connectivity index (χ1v) is 6.86. The monoisotopic (exact) mass is 300 g/mol. The van der Waals surface area contributed by atoms with Crippen LogP contribution in [0.5, 0.6) is 11.5 Å². The maximum absolute atomic E-state index is 11.9. The Morgan fingerprint density at radius 2 is 1.86 bits per heavy atom. The maximum atomic E-state index is 11.9. The largest absolute Gasteiger partial charge is 0.493 e. The average molecular weight is 300 g/mol. The van der Waals surface area contributed by atoms with Crippen molar-refractivity contribution in [2.24, 2.45) is 0 Å². The van der Waals surface area contributed by atoms with E-state index in [2.05, 4.69) is 0 Å². The molecular weight excluding hydrogens is 284 g/mol. The van der Waals surface area contributed by atoms with Gasteiger partial charge in [-0.1, -0.05) is 30.3 Å². The van der Waals surface area contributed by atoms with Gasteiger partial charge in [-0.2, -0.15) is 0 Å². The molecule has 0 unspecified atom stereocenters. The van der Waals surface area contributed by atoms with Crippen LogP contribution in [0.3, 0.4) is 0 Å². The van der Waals surface area contributed by atoms with E-state index in [9.17, 15) is 9.90 Å². The second-order valence-electron chi connectivity index (χ2n) is 4.94. The third kappa shape index (κ3) is 2.19. The van der Waals surface area contributed by atoms with Crippen LogP contribution in [0.25, 0.3) is 0 Å². The van der Waals surface area contributed by atoms with Crippen LogP contribution in [-0.2, 0) is 4.74 Å². The molecule has 1 aliphatic rings. The van der Waals surface area contributed by atoms with Gasteiger partial charge in [0.05, 0.1) is 19.8 Å². The van der Waals surface area contributed by atoms with Gasteiger partial charge in [0, 0.05) is 11.1 Å². The Morgan fingerprint density at radius 1 is 1.09 bits per heavy atom. The van der Waals surface area contributed by atoms with Crippen molar-refractivity contribution in [1.29, 1.82) is 0 Å². The molecule has 0 aliphatic carbocycles. The molecule has 0 aromatic heterocycles. The van der Waals surface area contributed by atoms with Crippen molar-refractivity contribution in [2.45, 2.75) is 12.2 Å². The Kier molecular flexibility index (Phi) is 3.73. The van der Waals surface area contributed by atoms with Crippen molar-refractivity contribution in [3.8, 4) is 11.5 Å². The first-order valence-electron chi connectivity index (χ1n) is 6.86. The van der Waals surface area contributed by atoms with Gasteiger partial charge in [-0.05, 0) is 12.1 Å². The highest BCUT2D eigenvalue weighted by Crippen LogP contribution is 2.44. The fourth-order valence-electron chi connectivity index (χ4n) is 2.72. The molecule has 0 saturated carbocycles. The number of rotatable bonds is 4. The van der Waals surface area contributed by atoms with E-state index in [0.29, 0.717) is 28.2 Å². The van der Waals surface area contributed by atoms with Gasteiger partial charge in [0.15, 0.2) is 17.6 Å². The lowest BCUT2D eigenvalue weighted by molar-refractivity contribution is -0.0110. The third-order valence-corrected chi connectivity index (χ3v) is 3.76. The van der Waals surface area contributed by atoms with Crippen molar-refractivity contribution in [3.63, 3.8) is 0 Å². The van der Waals surface area contributed by atoms with E-state index < -0.39 is 18.2 Å². The number of cyclic esters (lactones) is 1. The minimum atomic E-state index is -1.04. The standard InChI is InChI=1S/C17H16O5/c1-20-13-9-5-8-12(15(13)21-2)14(18)16-10-6-3-4-7-11(10)17(19)22-16/h3-9,14,16,18H,1-2H3/t14-,16+/m0/s1. The summed E-state index contributed by atoms with van der Waals surface area (Å²) in [6.07, 6.45) is -1.80. The Morgan fingerprint density at radius 3 is 2.59 bits per heavy atom. The Bertz CT molecular complexity index is 710. The summed E-state index contributed by atoms with van der Waals surface area (Å²) in [4.78, 5) is 11.9. The molecule has 5 nitrogen and oxygen atoms in total. The van der Waals surface area contributed by atoms with Gasteiger partial charge in [0.1, 0.15) is 6.10 Å². The van der Waals surface area contributed by atoms with Gasteiger partial charge in [-0.3, -0.25) is 0 Å². The van der Waals surface area contributed by atoms with Crippen LogP contribution in [0, 0.1) is 0 Å². The van der Waals surface area contributed by atoms with Gasteiger partial charge >= 0.3 is 5.97 Å². The second kappa shape index (κ2) is 5.69. The normalized spacial score (nSPS) is 17.6. The minimum absolute atomic E-state index is 0.429. The Hall–Kier alpha value is -2.53. The number of ether oxygens (including phenoxy) is 3. The van der Waals surface area contributed by atoms with Gasteiger partial charge in [0.2, 0.25) is 0 Å². The summed E-state index contributed by atoms with van der Waals surface area (Å²) in [5.41, 5.74) is 1.66. The number of aliphatic hydroxyl groups is 1. The second-order valence-corrected chi connectivity index (χ2v) is 4.94. The lowest BCUT2D eigenvalue weighted by atomic mass is 9.96. The van der Waals surface area contributed by atoms with E-state index >= 15 is 0 Å². The highest BCUT2D eigenvalue weighted by molar-refractivity contribution is 5.94. The number of benzene rings is 2. The first kappa shape index (κ1) is 14.4. The van der Waals surface area contributed by atoms with E-state index in [-0.39, 0.29) is 0 Å². The van der Waals surface area contributed by atoms with Crippen LogP contribution in [0.4, 0.5) is 0 Å². The van der Waals surface area contributed by atoms with Crippen LogP contribution in [0.15, 0.2) is 42.5 Å². The minimum Gasteiger partial charge on any atom is -0.493 e. The molecule has 0 amide bonds. The van der Waals surface area contributed by atoms with Crippen LogP contribution in [0.2, 0.25) is 0 Å². The van der Waals surface area contributed by atoms with Crippen LogP contribution < -0.4 is 9.47 Å². The lowest BCUT2D eigenvalue weighted by Gasteiger charge is -2.21. The molecule has 0 fully saturated rings. The average Bonchev–Trinajstić information content (AvgIpc) is 2.90. The zero-order valence-electron chi connectivity index (χ0n) is 12.3. The summed E-state index contributed by atoms with van der Waals surface area (Å²) < 4.78 is 15.9. The number of carbonyl (C=O) groups is 1. The Labute approximate surface area is 128 Å². The number of aliphatic hydroxyl groups excluding tert-OH is 1. The summed E-state index contributed by atoms with van der Waals surface area (Å²) in [6.45, 7) is 0. The number of methoxy groups -OCH3 is 2. The van der Waals surface area contributed by atoms with Gasteiger partial charge < -0.3 is 19.3 Å². The van der Waals surface area contributed by atoms with Gasteiger partial charge in [-0.15, -0.1) is 0 Å². The number of esters is 1. The number of fused-ring (bicyclic) bond motifs is 1. The maximum Gasteiger partial charge on any atom is 0.339 e. The predicted octanol–water partition coefficient (Wildman–Crippen LogP) is 2.65. The molecule has 0 saturated heterocycles. The van der Waals surface area contributed by atoms with E-state index in [1.165, 1.54) is 14.2 Å². The zero-order valence-corrected chi connectivity index (χ0v) is 12.3. The first-order chi connectivity index (χ1) is 10.7. The quantitative estimate of drug-likeness (QED) is 0.879. The van der Waals surface area contributed by atoms with Gasteiger partial charge in [0.25, 0.3) is 0 Å². The molecule has 5 heteroatoms. The van der Waals surface area contributed by atoms with Crippen molar-refractivity contribution in [3.05, 3.63) is 59.2 Å². The molecule has 0 radical (unpaired) electrons. The molecule has 22 heavy (non-hydrogen) atoms. The molecule has 1 N–H and O–H groups in total. The highest BCUT2D eigenvalue weighted by Gasteiger charge is 2.37. The predicted molar refractivity (Wildman–Crippen MR) is 79.1 cm³/mol. The molecule has 0 bridgehead atoms. The fourth-order valence-corrected chi connectivity index (χ4v) is 2.72. The molecule has 2 aromatic carbocycles. The molecule has 1 aliphatic heterocycles. The Balaban J connectivity index is 2.03. The molecule has 2 atom stereocenters. The third-order valence-electron chi connectivity index (χ3n) is 3.76. The van der Waals surface area contributed by atoms with E-state index in [4.69, 9.17) is 14.2 Å². The fraction of sp³-hybridized carbons (Fsp3) is 0.235. The van der Waals surface area contributed by atoms with Crippen molar-refractivity contribution in [1.82, 2.24) is 0 Å². The number of carbonyl (C=O) groups excluding carboxylic acids is 1. The number of hydrogen-bond acceptors (Lipinski definition) is 5. The molecule has 3 rings (SSSR count). The summed E-state index contributed by atoms with van der Waals surface area (Å²) in [7, 11) is 3.03. The molecule has 114 valence electrons. The summed E-state index contributed by atoms with van der Waals surface area (Å²) in [6, 6.07) is 12.3. The van der Waals surface area contributed by atoms with Crippen molar-refractivity contribution in [2.75, 3.05) is 14.2 Å². The van der Waals surface area contributed by atoms with E-state index in [1.807, 2.05) is 6.07 Å². The van der Waals surface area contributed by atoms with E-state index in [1.54, 1.807) is 36.4 Å². The molecule has 2 aromatic rings. The number of hydrogen-bond donors (Lipinski definition) is 1. The van der Waals surface area contributed by atoms with Crippen LogP contribution in [0.1, 0.15) is 33.7 Å². The molecule has 0 spiro atoms. The summed E-state index contributed by atoms with van der Waals surface area (Å²) in [5, 5.41) is 10.7. The van der Waals surface area contributed by atoms with Crippen molar-refractivity contribution < 1.29 is 24.1 Å². The highest BCUT2D eigenvalue weighted by atomic mass is 16.6. The van der Waals surface area contributed by atoms with Crippen molar-refractivity contribution >= 4 is 5.97 Å². The van der Waals surface area contributed by atoms with Gasteiger partial charge in [-0.25, -0.2) is 4.79 Å². The smallest absolute Gasteiger partial charge is 0.339 e. The zero-order chi connectivity index (χ0) is 15.7. The summed E-state index contributed by atoms with van der Waals surface area (Å²) in [5.74, 6) is 0.510. The van der Waals surface area contributed by atoms with E-state index in [0.717, 1.165) is 0 Å².